The first-order valence-corrected chi connectivity index (χ1v) is 8.58. The number of aromatic nitrogens is 2. The smallest absolute Gasteiger partial charge is 0.422 e. The van der Waals surface area contributed by atoms with Crippen LogP contribution in [0.25, 0.3) is 0 Å². The molecule has 2 rings (SSSR count). The number of rotatable bonds is 4. The van der Waals surface area contributed by atoms with Gasteiger partial charge < -0.3 is 19.6 Å². The number of aryl methyl sites for hydroxylation is 1. The number of nitrogens with one attached hydrogen (secondary N) is 1. The number of aromatic amines is 1. The van der Waals surface area contributed by atoms with Crippen LogP contribution in [-0.4, -0.2) is 42.8 Å². The quantitative estimate of drug-likeness (QED) is 0.288. The van der Waals surface area contributed by atoms with Crippen molar-refractivity contribution in [2.45, 2.75) is 45.1 Å². The molecule has 1 aliphatic heterocycles. The fourth-order valence-electron chi connectivity index (χ4n) is 2.75. The summed E-state index contributed by atoms with van der Waals surface area (Å²) in [5, 5.41) is 10.4. The second-order valence-electron chi connectivity index (χ2n) is 6.19. The van der Waals surface area contributed by atoms with Crippen molar-refractivity contribution in [1.29, 1.82) is 0 Å². The number of H-pyrrole nitrogens is 1. The third-order valence-electron chi connectivity index (χ3n) is 4.25. The van der Waals surface area contributed by atoms with Crippen LogP contribution >= 0.6 is 7.82 Å². The summed E-state index contributed by atoms with van der Waals surface area (Å²) < 4.78 is 22.3. The molecule has 4 N–H and O–H groups in total. The van der Waals surface area contributed by atoms with Crippen LogP contribution in [0.1, 0.15) is 26.3 Å². The molecule has 1 fully saturated rings. The monoisotopic (exact) mass is 547 g/mol. The Morgan fingerprint density at radius 1 is 1.44 bits per heavy atom. The van der Waals surface area contributed by atoms with Crippen molar-refractivity contribution in [2.24, 2.45) is 0 Å². The molecule has 1 aromatic rings. The summed E-state index contributed by atoms with van der Waals surface area (Å²) in [7, 11) is -4.76. The van der Waals surface area contributed by atoms with Gasteiger partial charge in [-0.1, -0.05) is 0 Å². The Bertz CT molecular complexity index is 804. The molecule has 3 atom stereocenters. The van der Waals surface area contributed by atoms with Gasteiger partial charge in [0.1, 0.15) is 0 Å². The number of nitrogens with zero attached hydrogens (tertiary/aromatic N) is 1. The Labute approximate surface area is 157 Å². The van der Waals surface area contributed by atoms with E-state index in [0.29, 0.717) is 5.92 Å². The minimum atomic E-state index is -4.76. The van der Waals surface area contributed by atoms with Crippen LogP contribution in [0.5, 0.6) is 0 Å². The molecule has 1 aliphatic rings. The molecule has 0 radical (unpaired) electrons. The van der Waals surface area contributed by atoms with Gasteiger partial charge in [-0.05, 0) is 26.9 Å². The predicted octanol–water partition coefficient (Wildman–Crippen LogP) is -0.631. The molecule has 10 nitrogen and oxygen atoms in total. The van der Waals surface area contributed by atoms with E-state index in [1.54, 1.807) is 6.92 Å². The van der Waals surface area contributed by atoms with Crippen molar-refractivity contribution in [3.05, 3.63) is 38.5 Å². The first-order valence-electron chi connectivity index (χ1n) is 7.05. The minimum Gasteiger partial charge on any atom is -0.422 e. The van der Waals surface area contributed by atoms with Gasteiger partial charge in [0.15, 0.2) is 0 Å². The molecule has 140 valence electrons. The number of phosphoric acid groups is 1. The van der Waals surface area contributed by atoms with Crippen molar-refractivity contribution in [2.75, 3.05) is 6.61 Å². The van der Waals surface area contributed by atoms with Crippen LogP contribution in [0.15, 0.2) is 15.8 Å². The predicted molar refractivity (Wildman–Crippen MR) is 82.1 cm³/mol. The van der Waals surface area contributed by atoms with E-state index in [9.17, 15) is 19.3 Å². The zero-order valence-electron chi connectivity index (χ0n) is 14.0. The first kappa shape index (κ1) is 22.4. The van der Waals surface area contributed by atoms with Crippen molar-refractivity contribution < 1.29 is 49.8 Å². The molecule has 3 unspecified atom stereocenters. The summed E-state index contributed by atoms with van der Waals surface area (Å²) in [6.45, 7) is 5.37. The second kappa shape index (κ2) is 7.19. The van der Waals surface area contributed by atoms with Crippen LogP contribution in [0.2, 0.25) is 0 Å². The van der Waals surface area contributed by atoms with Crippen LogP contribution < -0.4 is 11.2 Å². The Morgan fingerprint density at radius 3 is 2.52 bits per heavy atom. The largest absolute Gasteiger partial charge is 2.00 e. The van der Waals surface area contributed by atoms with E-state index in [-0.39, 0.29) is 26.6 Å². The van der Waals surface area contributed by atoms with Gasteiger partial charge in [-0.2, -0.15) is 6.92 Å². The van der Waals surface area contributed by atoms with Crippen molar-refractivity contribution >= 4 is 7.82 Å². The number of hydrogen-bond donors (Lipinski definition) is 4. The molecule has 1 aromatic heterocycles. The molecule has 0 aliphatic carbocycles. The van der Waals surface area contributed by atoms with E-state index >= 15 is 0 Å². The Balaban J connectivity index is 0.00000312. The molecule has 12 heteroatoms. The van der Waals surface area contributed by atoms with E-state index < -0.39 is 43.1 Å². The molecule has 0 saturated carbocycles. The SMILES string of the molecule is Cc1cn(C2(C)OC(C)(COP(=O)(O)O)C(O)[C-]2C)c(=O)[nH]c1=O.[W+2]. The molecule has 0 spiro atoms. The third kappa shape index (κ3) is 4.22. The number of ether oxygens (including phenoxy) is 1. The van der Waals surface area contributed by atoms with Crippen LogP contribution in [0, 0.1) is 12.8 Å². The van der Waals surface area contributed by atoms with Crippen LogP contribution in [0.4, 0.5) is 0 Å². The van der Waals surface area contributed by atoms with Crippen LogP contribution in [0.3, 0.4) is 0 Å². The van der Waals surface area contributed by atoms with Crippen molar-refractivity contribution in [3.63, 3.8) is 0 Å². The molecular weight excluding hydrogens is 527 g/mol. The van der Waals surface area contributed by atoms with Gasteiger partial charge in [0, 0.05) is 17.5 Å². The Morgan fingerprint density at radius 2 is 2.00 bits per heavy atom. The average molecular weight is 547 g/mol. The maximum atomic E-state index is 12.1. The van der Waals surface area contributed by atoms with Gasteiger partial charge in [0.2, 0.25) is 0 Å². The van der Waals surface area contributed by atoms with Gasteiger partial charge in [-0.25, -0.2) is 15.3 Å². The molecular formula is C13H20N2O8PW+. The number of phosphoric ester groups is 1. The van der Waals surface area contributed by atoms with E-state index in [2.05, 4.69) is 9.51 Å². The van der Waals surface area contributed by atoms with Gasteiger partial charge in [-0.3, -0.25) is 18.9 Å². The van der Waals surface area contributed by atoms with E-state index in [4.69, 9.17) is 14.5 Å². The summed E-state index contributed by atoms with van der Waals surface area (Å²) in [4.78, 5) is 43.5. The zero-order chi connectivity index (χ0) is 18.5. The third-order valence-corrected chi connectivity index (χ3v) is 4.72. The first-order chi connectivity index (χ1) is 10.8. The summed E-state index contributed by atoms with van der Waals surface area (Å²) in [5.74, 6) is 0.327. The molecule has 2 heterocycles. The molecule has 1 saturated heterocycles. The van der Waals surface area contributed by atoms with Crippen LogP contribution in [-0.2, 0) is 40.6 Å². The average Bonchev–Trinajstić information content (AvgIpc) is 2.62. The standard InChI is InChI=1S/C13H20N2O8P.W/c1-7-5-15(11(18)14-10(7)17)13(4)8(2)9(16)12(3,23-13)6-22-24(19,20)21;/h5,9,16H,6H2,1-4H3,(H,14,17,18)(H2,19,20,21);/q-1;+2. The summed E-state index contributed by atoms with van der Waals surface area (Å²) in [6.07, 6.45) is 0.0423. The Hall–Kier alpha value is -0.602. The fraction of sp³-hybridized carbons (Fsp3) is 0.615. The maximum absolute atomic E-state index is 12.1. The van der Waals surface area contributed by atoms with Gasteiger partial charge in [-0.15, -0.1) is 0 Å². The molecule has 0 aromatic carbocycles. The van der Waals surface area contributed by atoms with E-state index in [0.717, 1.165) is 4.57 Å². The molecule has 0 bridgehead atoms. The van der Waals surface area contributed by atoms with Crippen molar-refractivity contribution in [1.82, 2.24) is 9.55 Å². The summed E-state index contributed by atoms with van der Waals surface area (Å²) >= 11 is 0. The Kier molecular flexibility index (Phi) is 6.46. The number of hydrogen-bond acceptors (Lipinski definition) is 6. The van der Waals surface area contributed by atoms with Gasteiger partial charge in [0.05, 0.1) is 12.2 Å². The fourth-order valence-corrected chi connectivity index (χ4v) is 3.17. The molecule has 25 heavy (non-hydrogen) atoms. The summed E-state index contributed by atoms with van der Waals surface area (Å²) in [5.41, 5.74) is -3.94. The maximum Gasteiger partial charge on any atom is 2.00 e. The summed E-state index contributed by atoms with van der Waals surface area (Å²) in [6, 6.07) is 0. The van der Waals surface area contributed by atoms with Gasteiger partial charge >= 0.3 is 34.6 Å². The minimum absolute atomic E-state index is 0. The second-order valence-corrected chi connectivity index (χ2v) is 7.43. The normalized spacial score (nSPS) is 30.3. The topological polar surface area (TPSA) is 151 Å². The number of aliphatic hydroxyl groups excluding tert-OH is 1. The van der Waals surface area contributed by atoms with E-state index in [1.807, 2.05) is 0 Å². The van der Waals surface area contributed by atoms with Gasteiger partial charge in [0.25, 0.3) is 5.56 Å². The van der Waals surface area contributed by atoms with E-state index in [1.165, 1.54) is 27.0 Å². The van der Waals surface area contributed by atoms with Crippen molar-refractivity contribution in [3.8, 4) is 0 Å². The molecule has 0 amide bonds. The zero-order valence-corrected chi connectivity index (χ0v) is 17.9. The number of aliphatic hydroxyl groups is 1.